The lowest BCUT2D eigenvalue weighted by Crippen LogP contribution is -2.45. The number of aliphatic hydroxyl groups is 1. The van der Waals surface area contributed by atoms with Crippen molar-refractivity contribution in [3.8, 4) is 5.75 Å². The van der Waals surface area contributed by atoms with E-state index in [2.05, 4.69) is 4.98 Å². The lowest BCUT2D eigenvalue weighted by atomic mass is 10.1. The Labute approximate surface area is 186 Å². The van der Waals surface area contributed by atoms with Crippen molar-refractivity contribution < 1.29 is 27.8 Å². The molecule has 0 radical (unpaired) electrons. The largest absolute Gasteiger partial charge is 0.484 e. The van der Waals surface area contributed by atoms with Crippen LogP contribution in [-0.2, 0) is 26.0 Å². The highest BCUT2D eigenvalue weighted by Crippen LogP contribution is 2.39. The van der Waals surface area contributed by atoms with Gasteiger partial charge in [0.2, 0.25) is 0 Å². The number of pyridine rings is 1. The Morgan fingerprint density at radius 2 is 2.06 bits per heavy atom. The minimum atomic E-state index is -4.11. The summed E-state index contributed by atoms with van der Waals surface area (Å²) in [6.07, 6.45) is 0.689. The molecule has 0 aliphatic carbocycles. The molecule has 8 nitrogen and oxygen atoms in total. The van der Waals surface area contributed by atoms with Crippen LogP contribution in [0.5, 0.6) is 5.75 Å². The average Bonchev–Trinajstić information content (AvgIpc) is 2.67. The molecule has 1 aromatic heterocycles. The summed E-state index contributed by atoms with van der Waals surface area (Å²) in [7, 11) is -4.11. The molecule has 3 rings (SSSR count). The van der Waals surface area contributed by atoms with E-state index in [1.165, 1.54) is 12.3 Å². The van der Waals surface area contributed by atoms with Crippen LogP contribution in [0.1, 0.15) is 31.9 Å². The van der Waals surface area contributed by atoms with E-state index < -0.39 is 27.7 Å². The standard InChI is InChI=1S/C21H25ClN2O6S/c1-13-7-18(20(22)23-10-13)31(27,28)24-11-15(12-25)29-17-6-5-14(8-16(17)24)9-19(26)30-21(2,3)4/h5-8,10,15,25H,9,11-12H2,1-4H3/t15-/m1/s1. The number of nitrogens with zero attached hydrogens (tertiary/aromatic N) is 2. The van der Waals surface area contributed by atoms with Crippen LogP contribution in [-0.4, -0.2) is 49.3 Å². The molecule has 0 amide bonds. The van der Waals surface area contributed by atoms with Crippen molar-refractivity contribution in [1.82, 2.24) is 4.98 Å². The van der Waals surface area contributed by atoms with E-state index in [0.717, 1.165) is 4.31 Å². The lowest BCUT2D eigenvalue weighted by Gasteiger charge is -2.35. The number of sulfonamides is 1. The van der Waals surface area contributed by atoms with Crippen molar-refractivity contribution in [2.24, 2.45) is 0 Å². The van der Waals surface area contributed by atoms with Gasteiger partial charge in [-0.15, -0.1) is 0 Å². The molecule has 1 aliphatic heterocycles. The summed E-state index contributed by atoms with van der Waals surface area (Å²) in [4.78, 5) is 16.0. The Hall–Kier alpha value is -2.36. The van der Waals surface area contributed by atoms with E-state index in [0.29, 0.717) is 11.1 Å². The number of benzene rings is 1. The number of esters is 1. The van der Waals surface area contributed by atoms with Crippen LogP contribution in [0.2, 0.25) is 5.15 Å². The number of hydrogen-bond donors (Lipinski definition) is 1. The van der Waals surface area contributed by atoms with Crippen molar-refractivity contribution in [3.63, 3.8) is 0 Å². The minimum Gasteiger partial charge on any atom is -0.484 e. The third-order valence-corrected chi connectivity index (χ3v) is 6.65. The average molecular weight is 469 g/mol. The van der Waals surface area contributed by atoms with E-state index in [-0.39, 0.29) is 41.1 Å². The van der Waals surface area contributed by atoms with Crippen molar-refractivity contribution >= 4 is 33.3 Å². The Balaban J connectivity index is 2.03. The van der Waals surface area contributed by atoms with Crippen LogP contribution < -0.4 is 9.04 Å². The zero-order chi connectivity index (χ0) is 23.0. The van der Waals surface area contributed by atoms with Crippen molar-refractivity contribution in [2.75, 3.05) is 17.5 Å². The smallest absolute Gasteiger partial charge is 0.310 e. The molecule has 1 aliphatic rings. The molecule has 0 spiro atoms. The van der Waals surface area contributed by atoms with E-state index in [4.69, 9.17) is 21.1 Å². The van der Waals surface area contributed by atoms with Gasteiger partial charge < -0.3 is 14.6 Å². The molecule has 10 heteroatoms. The summed E-state index contributed by atoms with van der Waals surface area (Å²) in [6, 6.07) is 6.25. The topological polar surface area (TPSA) is 106 Å². The molecule has 2 heterocycles. The molecule has 168 valence electrons. The Morgan fingerprint density at radius 1 is 1.35 bits per heavy atom. The van der Waals surface area contributed by atoms with Gasteiger partial charge >= 0.3 is 5.97 Å². The number of halogens is 1. The van der Waals surface area contributed by atoms with Crippen molar-refractivity contribution in [2.45, 2.75) is 50.7 Å². The molecule has 31 heavy (non-hydrogen) atoms. The molecule has 2 aromatic rings. The first-order chi connectivity index (χ1) is 14.4. The van der Waals surface area contributed by atoms with Crippen LogP contribution in [0.15, 0.2) is 35.4 Å². The molecule has 0 fully saturated rings. The van der Waals surface area contributed by atoms with Gasteiger partial charge in [0, 0.05) is 6.20 Å². The molecule has 0 saturated carbocycles. The van der Waals surface area contributed by atoms with Gasteiger partial charge in [0.1, 0.15) is 27.5 Å². The second-order valence-electron chi connectivity index (χ2n) is 8.33. The van der Waals surface area contributed by atoms with E-state index in [9.17, 15) is 18.3 Å². The molecular formula is C21H25ClN2O6S. The number of anilines is 1. The number of carbonyl (C=O) groups is 1. The fourth-order valence-corrected chi connectivity index (χ4v) is 5.16. The van der Waals surface area contributed by atoms with Crippen molar-refractivity contribution in [1.29, 1.82) is 0 Å². The van der Waals surface area contributed by atoms with Crippen LogP contribution in [0.3, 0.4) is 0 Å². The second-order valence-corrected chi connectivity index (χ2v) is 10.5. The van der Waals surface area contributed by atoms with Gasteiger partial charge in [-0.25, -0.2) is 13.4 Å². The number of ether oxygens (including phenoxy) is 2. The van der Waals surface area contributed by atoms with Gasteiger partial charge in [-0.2, -0.15) is 0 Å². The highest BCUT2D eigenvalue weighted by molar-refractivity contribution is 7.93. The van der Waals surface area contributed by atoms with Gasteiger partial charge in [-0.1, -0.05) is 17.7 Å². The fraction of sp³-hybridized carbons (Fsp3) is 0.429. The van der Waals surface area contributed by atoms with Crippen LogP contribution in [0, 0.1) is 6.92 Å². The third-order valence-electron chi connectivity index (χ3n) is 4.44. The maximum Gasteiger partial charge on any atom is 0.310 e. The monoisotopic (exact) mass is 468 g/mol. The van der Waals surface area contributed by atoms with Gasteiger partial charge in [0.05, 0.1) is 25.3 Å². The molecule has 1 atom stereocenters. The van der Waals surface area contributed by atoms with E-state index >= 15 is 0 Å². The first-order valence-electron chi connectivity index (χ1n) is 9.68. The number of rotatable bonds is 5. The predicted molar refractivity (Wildman–Crippen MR) is 116 cm³/mol. The number of aryl methyl sites for hydroxylation is 1. The SMILES string of the molecule is Cc1cnc(Cl)c(S(=O)(=O)N2C[C@H](CO)Oc3ccc(CC(=O)OC(C)(C)C)cc32)c1. The molecule has 1 N–H and O–H groups in total. The first kappa shape index (κ1) is 23.3. The van der Waals surface area contributed by atoms with Crippen LogP contribution >= 0.6 is 11.6 Å². The molecule has 1 aromatic carbocycles. The van der Waals surface area contributed by atoms with E-state index in [1.807, 2.05) is 0 Å². The maximum atomic E-state index is 13.5. The third kappa shape index (κ3) is 5.28. The zero-order valence-corrected chi connectivity index (χ0v) is 19.3. The van der Waals surface area contributed by atoms with Gasteiger partial charge in [-0.3, -0.25) is 9.10 Å². The summed E-state index contributed by atoms with van der Waals surface area (Å²) in [5.41, 5.74) is 0.817. The summed E-state index contributed by atoms with van der Waals surface area (Å²) >= 11 is 6.10. The fourth-order valence-electron chi connectivity index (χ4n) is 3.16. The van der Waals surface area contributed by atoms with Gasteiger partial charge in [0.15, 0.2) is 0 Å². The maximum absolute atomic E-state index is 13.5. The number of aromatic nitrogens is 1. The van der Waals surface area contributed by atoms with Crippen LogP contribution in [0.25, 0.3) is 0 Å². The second kappa shape index (κ2) is 8.64. The zero-order valence-electron chi connectivity index (χ0n) is 17.8. The summed E-state index contributed by atoms with van der Waals surface area (Å²) < 4.78 is 39.2. The van der Waals surface area contributed by atoms with Crippen molar-refractivity contribution in [3.05, 3.63) is 46.7 Å². The quantitative estimate of drug-likeness (QED) is 0.531. The van der Waals surface area contributed by atoms with Crippen LogP contribution in [0.4, 0.5) is 5.69 Å². The normalized spacial score (nSPS) is 16.5. The molecular weight excluding hydrogens is 444 g/mol. The number of carbonyl (C=O) groups excluding carboxylic acids is 1. The van der Waals surface area contributed by atoms with E-state index in [1.54, 1.807) is 45.9 Å². The molecule has 0 unspecified atom stereocenters. The number of hydrogen-bond acceptors (Lipinski definition) is 7. The lowest BCUT2D eigenvalue weighted by molar-refractivity contribution is -0.153. The van der Waals surface area contributed by atoms with Gasteiger partial charge in [-0.05, 0) is 57.0 Å². The molecule has 0 bridgehead atoms. The highest BCUT2D eigenvalue weighted by Gasteiger charge is 2.36. The number of fused-ring (bicyclic) bond motifs is 1. The Bertz CT molecular complexity index is 1100. The summed E-state index contributed by atoms with van der Waals surface area (Å²) in [5, 5.41) is 9.46. The predicted octanol–water partition coefficient (Wildman–Crippen LogP) is 2.88. The Kier molecular flexibility index (Phi) is 6.50. The first-order valence-corrected chi connectivity index (χ1v) is 11.5. The summed E-state index contributed by atoms with van der Waals surface area (Å²) in [5.74, 6) is -0.156. The minimum absolute atomic E-state index is 0.0331. The highest BCUT2D eigenvalue weighted by atomic mass is 35.5. The number of aliphatic hydroxyl groups excluding tert-OH is 1. The molecule has 0 saturated heterocycles. The Morgan fingerprint density at radius 3 is 2.71 bits per heavy atom. The summed E-state index contributed by atoms with van der Waals surface area (Å²) in [6.45, 7) is 6.54. The van der Waals surface area contributed by atoms with Gasteiger partial charge in [0.25, 0.3) is 10.0 Å².